The van der Waals surface area contributed by atoms with Gasteiger partial charge in [0.05, 0.1) is 35.9 Å². The molecule has 2 aliphatic carbocycles. The fourth-order valence-electron chi connectivity index (χ4n) is 7.55. The summed E-state index contributed by atoms with van der Waals surface area (Å²) in [4.78, 5) is 46.2. The van der Waals surface area contributed by atoms with E-state index in [4.69, 9.17) is 19.4 Å². The Hall–Kier alpha value is -4.60. The number of carbonyl (C=O) groups excluding carboxylic acids is 2. The third-order valence-corrected chi connectivity index (χ3v) is 9.96. The lowest BCUT2D eigenvalue weighted by molar-refractivity contribution is 0.0164. The van der Waals surface area contributed by atoms with Gasteiger partial charge in [0.25, 0.3) is 0 Å². The summed E-state index contributed by atoms with van der Waals surface area (Å²) in [6, 6.07) is 17.2. The van der Waals surface area contributed by atoms with Gasteiger partial charge >= 0.3 is 12.2 Å². The molecule has 10 nitrogen and oxygen atoms in total. The van der Waals surface area contributed by atoms with E-state index in [9.17, 15) is 9.59 Å². The Kier molecular flexibility index (Phi) is 7.02. The molecule has 2 aliphatic heterocycles. The number of amides is 2. The Morgan fingerprint density at radius 3 is 1.31 bits per heavy atom. The van der Waals surface area contributed by atoms with Crippen LogP contribution in [-0.4, -0.2) is 65.2 Å². The lowest BCUT2D eigenvalue weighted by Gasteiger charge is -2.29. The van der Waals surface area contributed by atoms with Crippen molar-refractivity contribution in [3.05, 3.63) is 72.6 Å². The molecule has 48 heavy (non-hydrogen) atoms. The van der Waals surface area contributed by atoms with E-state index < -0.39 is 11.2 Å². The molecular weight excluding hydrogens is 604 g/mol. The number of likely N-dealkylation sites (tertiary alicyclic amines) is 2. The minimum atomic E-state index is -0.532. The van der Waals surface area contributed by atoms with E-state index in [0.717, 1.165) is 71.0 Å². The summed E-state index contributed by atoms with van der Waals surface area (Å²) in [5.74, 6) is 2.69. The number of imidazole rings is 2. The highest BCUT2D eigenvalue weighted by molar-refractivity contribution is 5.73. The van der Waals surface area contributed by atoms with Crippen LogP contribution in [0.2, 0.25) is 0 Å². The smallest absolute Gasteiger partial charge is 0.411 e. The number of nitrogens with zero attached hydrogens (tertiary/aromatic N) is 4. The Balaban J connectivity index is 0.935. The van der Waals surface area contributed by atoms with Crippen LogP contribution in [0.15, 0.2) is 60.9 Å². The monoisotopic (exact) mass is 648 g/mol. The first kappa shape index (κ1) is 30.7. The van der Waals surface area contributed by atoms with Crippen LogP contribution in [0.1, 0.15) is 91.0 Å². The van der Waals surface area contributed by atoms with Crippen LogP contribution in [-0.2, 0) is 9.47 Å². The number of aromatic nitrogens is 4. The van der Waals surface area contributed by atoms with Crippen LogP contribution in [0, 0.1) is 11.8 Å². The highest BCUT2D eigenvalue weighted by Gasteiger charge is 2.57. The summed E-state index contributed by atoms with van der Waals surface area (Å²) in [6.07, 6.45) is 7.12. The zero-order valence-electron chi connectivity index (χ0n) is 28.5. The van der Waals surface area contributed by atoms with Crippen LogP contribution in [0.3, 0.4) is 0 Å². The summed E-state index contributed by atoms with van der Waals surface area (Å²) in [7, 11) is 0. The Bertz CT molecular complexity index is 1710. The third kappa shape index (κ3) is 5.86. The van der Waals surface area contributed by atoms with Gasteiger partial charge in [-0.2, -0.15) is 0 Å². The van der Waals surface area contributed by atoms with E-state index in [1.165, 1.54) is 0 Å². The van der Waals surface area contributed by atoms with Crippen molar-refractivity contribution < 1.29 is 19.1 Å². The first-order valence-corrected chi connectivity index (χ1v) is 17.1. The molecule has 2 aromatic heterocycles. The van der Waals surface area contributed by atoms with Crippen LogP contribution in [0.4, 0.5) is 9.59 Å². The molecule has 10 heteroatoms. The number of hydrogen-bond acceptors (Lipinski definition) is 6. The largest absolute Gasteiger partial charge is 0.444 e. The van der Waals surface area contributed by atoms with Crippen molar-refractivity contribution in [1.29, 1.82) is 0 Å². The van der Waals surface area contributed by atoms with Crippen molar-refractivity contribution in [2.24, 2.45) is 11.8 Å². The lowest BCUT2D eigenvalue weighted by atomic mass is 10.0. The van der Waals surface area contributed by atoms with Crippen molar-refractivity contribution in [3.8, 4) is 33.6 Å². The van der Waals surface area contributed by atoms with Gasteiger partial charge in [-0.1, -0.05) is 48.5 Å². The van der Waals surface area contributed by atoms with Crippen molar-refractivity contribution in [3.63, 3.8) is 0 Å². The molecule has 8 rings (SSSR count). The molecule has 4 aromatic rings. The van der Waals surface area contributed by atoms with E-state index in [2.05, 4.69) is 58.5 Å². The zero-order chi connectivity index (χ0) is 33.5. The molecule has 2 aromatic carbocycles. The van der Waals surface area contributed by atoms with E-state index in [0.29, 0.717) is 11.8 Å². The van der Waals surface area contributed by atoms with E-state index in [-0.39, 0.29) is 36.4 Å². The van der Waals surface area contributed by atoms with Gasteiger partial charge in [-0.25, -0.2) is 19.6 Å². The average molecular weight is 649 g/mol. The summed E-state index contributed by atoms with van der Waals surface area (Å²) in [6.45, 7) is 11.4. The first-order valence-electron chi connectivity index (χ1n) is 17.1. The summed E-state index contributed by atoms with van der Waals surface area (Å²) in [5, 5.41) is 0. The number of nitrogens with one attached hydrogen (secondary N) is 2. The molecule has 6 atom stereocenters. The van der Waals surface area contributed by atoms with Crippen molar-refractivity contribution >= 4 is 12.2 Å². The van der Waals surface area contributed by atoms with Crippen LogP contribution < -0.4 is 0 Å². The predicted molar refractivity (Wildman–Crippen MR) is 182 cm³/mol. The first-order chi connectivity index (χ1) is 22.8. The number of aromatic amines is 2. The number of benzene rings is 2. The summed E-state index contributed by atoms with van der Waals surface area (Å²) in [5.41, 5.74) is 5.09. The van der Waals surface area contributed by atoms with Crippen LogP contribution in [0.5, 0.6) is 0 Å². The van der Waals surface area contributed by atoms with Crippen molar-refractivity contribution in [2.45, 2.75) is 103 Å². The lowest BCUT2D eigenvalue weighted by Crippen LogP contribution is -2.38. The van der Waals surface area contributed by atoms with Crippen molar-refractivity contribution in [1.82, 2.24) is 29.7 Å². The highest BCUT2D eigenvalue weighted by atomic mass is 16.6. The number of piperidine rings is 2. The SMILES string of the molecule is CC(C)(C)OC(=O)N1C(c2ncc(-c3ccc(-c4ccc(-c5cnc(C6C[C@@H]7C[C@@H]7N6C(=O)OC(C)(C)C)[nH]5)cc4)cc3)[nH]2)C[C@@H]2C[C@@H]21. The maximum Gasteiger partial charge on any atom is 0.411 e. The number of H-pyrrole nitrogens is 2. The van der Waals surface area contributed by atoms with Crippen LogP contribution in [0.25, 0.3) is 33.6 Å². The second kappa shape index (κ2) is 11.0. The Morgan fingerprint density at radius 1 is 0.604 bits per heavy atom. The minimum Gasteiger partial charge on any atom is -0.444 e. The second-order valence-electron chi connectivity index (χ2n) is 15.9. The van der Waals surface area contributed by atoms with Gasteiger partial charge in [-0.05, 0) is 101 Å². The summed E-state index contributed by atoms with van der Waals surface area (Å²) < 4.78 is 11.4. The fourth-order valence-corrected chi connectivity index (χ4v) is 7.55. The molecule has 4 aliphatic rings. The molecule has 0 spiro atoms. The molecule has 2 saturated carbocycles. The van der Waals surface area contributed by atoms with Crippen LogP contribution >= 0.6 is 0 Å². The quantitative estimate of drug-likeness (QED) is 0.225. The standard InChI is InChI=1S/C38H44N6O4/c1-37(2,3)47-35(45)43-29-15-25(29)17-31(43)33-39-19-27(41-33)23-11-7-21(8-12-23)22-9-13-24(14-10-22)28-20-40-34(42-28)32-18-26-16-30(26)44(32)36(46)48-38(4,5)6/h7-14,19-20,25-26,29-32H,15-18H2,1-6H3,(H,39,41)(H,40,42)/t25-,26-,29-,30-,31?,32?/m0/s1. The van der Waals surface area contributed by atoms with Gasteiger partial charge in [0.15, 0.2) is 0 Å². The second-order valence-corrected chi connectivity index (χ2v) is 15.9. The van der Waals surface area contributed by atoms with Gasteiger partial charge in [0, 0.05) is 12.1 Å². The molecule has 0 bridgehead atoms. The Labute approximate surface area is 281 Å². The van der Waals surface area contributed by atoms with E-state index in [1.54, 1.807) is 0 Å². The molecule has 2 unspecified atom stereocenters. The maximum absolute atomic E-state index is 13.0. The van der Waals surface area contributed by atoms with Gasteiger partial charge in [-0.15, -0.1) is 0 Å². The third-order valence-electron chi connectivity index (χ3n) is 9.96. The normalized spacial score (nSPS) is 25.9. The van der Waals surface area contributed by atoms with Gasteiger partial charge in [0.2, 0.25) is 0 Å². The number of rotatable bonds is 5. The number of carbonyl (C=O) groups is 2. The topological polar surface area (TPSA) is 116 Å². The molecule has 2 N–H and O–H groups in total. The molecule has 250 valence electrons. The number of fused-ring (bicyclic) bond motifs is 2. The number of ether oxygens (including phenoxy) is 2. The molecule has 0 radical (unpaired) electrons. The number of hydrogen-bond donors (Lipinski definition) is 2. The van der Waals surface area contributed by atoms with E-state index >= 15 is 0 Å². The average Bonchev–Trinajstić information content (AvgIpc) is 3.62. The van der Waals surface area contributed by atoms with Gasteiger partial charge in [-0.3, -0.25) is 9.80 Å². The van der Waals surface area contributed by atoms with Gasteiger partial charge in [0.1, 0.15) is 22.9 Å². The van der Waals surface area contributed by atoms with E-state index in [1.807, 2.05) is 63.7 Å². The highest BCUT2D eigenvalue weighted by Crippen LogP contribution is 2.54. The van der Waals surface area contributed by atoms with Gasteiger partial charge < -0.3 is 19.4 Å². The van der Waals surface area contributed by atoms with Crippen molar-refractivity contribution in [2.75, 3.05) is 0 Å². The minimum absolute atomic E-state index is 0.0891. The molecule has 4 fully saturated rings. The maximum atomic E-state index is 13.0. The predicted octanol–water partition coefficient (Wildman–Crippen LogP) is 8.27. The summed E-state index contributed by atoms with van der Waals surface area (Å²) >= 11 is 0. The fraction of sp³-hybridized carbons (Fsp3) is 0.474. The molecule has 2 amide bonds. The Morgan fingerprint density at radius 2 is 0.958 bits per heavy atom. The zero-order valence-corrected chi connectivity index (χ0v) is 28.5. The molecule has 4 heterocycles. The molecular formula is C38H44N6O4. The molecule has 2 saturated heterocycles.